The lowest BCUT2D eigenvalue weighted by atomic mass is 10.2. The maximum Gasteiger partial charge on any atom is 0.239 e. The summed E-state index contributed by atoms with van der Waals surface area (Å²) in [5, 5.41) is 4.75. The van der Waals surface area contributed by atoms with Crippen LogP contribution in [0.3, 0.4) is 0 Å². The topological polar surface area (TPSA) is 67.2 Å². The zero-order valence-electron chi connectivity index (χ0n) is 8.10. The molecule has 4 N–H and O–H groups in total. The Morgan fingerprint density at radius 3 is 2.73 bits per heavy atom. The summed E-state index contributed by atoms with van der Waals surface area (Å²) in [6.07, 6.45) is 0. The highest BCUT2D eigenvalue weighted by molar-refractivity contribution is 5.82. The van der Waals surface area contributed by atoms with Gasteiger partial charge in [-0.2, -0.15) is 0 Å². The smallest absolute Gasteiger partial charge is 0.239 e. The number of anilines is 2. The lowest BCUT2D eigenvalue weighted by molar-refractivity contribution is -0.118. The van der Waals surface area contributed by atoms with Crippen molar-refractivity contribution in [2.45, 2.75) is 0 Å². The molecule has 0 fully saturated rings. The van der Waals surface area contributed by atoms with Gasteiger partial charge in [-0.1, -0.05) is 0 Å². The van der Waals surface area contributed by atoms with Crippen molar-refractivity contribution in [3.63, 3.8) is 0 Å². The van der Waals surface area contributed by atoms with E-state index in [4.69, 9.17) is 5.73 Å². The van der Waals surface area contributed by atoms with Crippen LogP contribution in [-0.4, -0.2) is 19.5 Å². The molecule has 0 aliphatic carbocycles. The van der Waals surface area contributed by atoms with Crippen LogP contribution in [-0.2, 0) is 4.79 Å². The molecule has 6 heteroatoms. The number of hydrogen-bond donors (Lipinski definition) is 3. The standard InChI is InChI=1S/C9H11F2N3O/c1-13-7(15)4-14-9-6(12)3-2-5(10)8(9)11/h2-3,14H,4,12H2,1H3,(H,13,15). The van der Waals surface area contributed by atoms with Gasteiger partial charge in [0.1, 0.15) is 0 Å². The van der Waals surface area contributed by atoms with Crippen molar-refractivity contribution in [3.8, 4) is 0 Å². The number of carbonyl (C=O) groups excluding carboxylic acids is 1. The zero-order chi connectivity index (χ0) is 11.4. The van der Waals surface area contributed by atoms with Crippen LogP contribution in [0.1, 0.15) is 0 Å². The zero-order valence-corrected chi connectivity index (χ0v) is 8.10. The summed E-state index contributed by atoms with van der Waals surface area (Å²) in [4.78, 5) is 10.9. The van der Waals surface area contributed by atoms with Crippen molar-refractivity contribution in [2.75, 3.05) is 24.6 Å². The van der Waals surface area contributed by atoms with E-state index in [1.807, 2.05) is 0 Å². The fraction of sp³-hybridized carbons (Fsp3) is 0.222. The minimum Gasteiger partial charge on any atom is -0.397 e. The Bertz CT molecular complexity index is 382. The van der Waals surface area contributed by atoms with E-state index in [-0.39, 0.29) is 23.8 Å². The lowest BCUT2D eigenvalue weighted by Crippen LogP contribution is -2.26. The average molecular weight is 215 g/mol. The second-order valence-corrected chi connectivity index (χ2v) is 2.85. The van der Waals surface area contributed by atoms with E-state index in [0.29, 0.717) is 0 Å². The third-order valence-corrected chi connectivity index (χ3v) is 1.83. The van der Waals surface area contributed by atoms with Crippen LogP contribution in [0.25, 0.3) is 0 Å². The first-order valence-corrected chi connectivity index (χ1v) is 4.24. The second-order valence-electron chi connectivity index (χ2n) is 2.85. The van der Waals surface area contributed by atoms with Gasteiger partial charge < -0.3 is 16.4 Å². The predicted molar refractivity (Wildman–Crippen MR) is 53.3 cm³/mol. The van der Waals surface area contributed by atoms with Gasteiger partial charge >= 0.3 is 0 Å². The Labute approximate surface area is 85.5 Å². The number of nitrogen functional groups attached to an aromatic ring is 1. The van der Waals surface area contributed by atoms with Crippen LogP contribution in [0.5, 0.6) is 0 Å². The number of rotatable bonds is 3. The van der Waals surface area contributed by atoms with Gasteiger partial charge in [0.05, 0.1) is 17.9 Å². The van der Waals surface area contributed by atoms with Crippen molar-refractivity contribution in [1.82, 2.24) is 5.32 Å². The molecule has 0 saturated heterocycles. The summed E-state index contributed by atoms with van der Waals surface area (Å²) in [6, 6.07) is 2.15. The van der Waals surface area contributed by atoms with Gasteiger partial charge in [0.2, 0.25) is 5.91 Å². The van der Waals surface area contributed by atoms with Crippen molar-refractivity contribution >= 4 is 17.3 Å². The van der Waals surface area contributed by atoms with Gasteiger partial charge in [-0.25, -0.2) is 8.78 Å². The van der Waals surface area contributed by atoms with E-state index in [0.717, 1.165) is 6.07 Å². The molecule has 0 radical (unpaired) electrons. The summed E-state index contributed by atoms with van der Waals surface area (Å²) in [7, 11) is 1.44. The number of halogens is 2. The molecule has 0 spiro atoms. The molecule has 0 aromatic heterocycles. The minimum atomic E-state index is -1.08. The molecule has 0 heterocycles. The minimum absolute atomic E-state index is 0.0535. The highest BCUT2D eigenvalue weighted by Crippen LogP contribution is 2.23. The van der Waals surface area contributed by atoms with E-state index >= 15 is 0 Å². The molecular weight excluding hydrogens is 204 g/mol. The van der Waals surface area contributed by atoms with Crippen LogP contribution in [0.4, 0.5) is 20.2 Å². The lowest BCUT2D eigenvalue weighted by Gasteiger charge is -2.09. The Kier molecular flexibility index (Phi) is 3.43. The molecule has 1 aromatic carbocycles. The van der Waals surface area contributed by atoms with Gasteiger partial charge in [-0.15, -0.1) is 0 Å². The van der Waals surface area contributed by atoms with Crippen molar-refractivity contribution in [2.24, 2.45) is 0 Å². The normalized spacial score (nSPS) is 9.80. The van der Waals surface area contributed by atoms with Crippen molar-refractivity contribution < 1.29 is 13.6 Å². The van der Waals surface area contributed by atoms with Crippen LogP contribution in [0, 0.1) is 11.6 Å². The van der Waals surface area contributed by atoms with Crippen LogP contribution < -0.4 is 16.4 Å². The first kappa shape index (κ1) is 11.2. The molecule has 0 saturated carbocycles. The quantitative estimate of drug-likeness (QED) is 0.650. The summed E-state index contributed by atoms with van der Waals surface area (Å²) in [6.45, 7) is -0.166. The van der Waals surface area contributed by atoms with E-state index < -0.39 is 11.6 Å². The molecule has 0 aliphatic rings. The fourth-order valence-corrected chi connectivity index (χ4v) is 1.00. The second kappa shape index (κ2) is 4.59. The van der Waals surface area contributed by atoms with Crippen molar-refractivity contribution in [3.05, 3.63) is 23.8 Å². The number of nitrogens with one attached hydrogen (secondary N) is 2. The number of benzene rings is 1. The number of amides is 1. The maximum atomic E-state index is 13.2. The largest absolute Gasteiger partial charge is 0.397 e. The molecular formula is C9H11F2N3O. The number of hydrogen-bond acceptors (Lipinski definition) is 3. The van der Waals surface area contributed by atoms with Gasteiger partial charge in [-0.05, 0) is 12.1 Å². The predicted octanol–water partition coefficient (Wildman–Crippen LogP) is 0.705. The van der Waals surface area contributed by atoms with E-state index in [9.17, 15) is 13.6 Å². The van der Waals surface area contributed by atoms with Crippen LogP contribution >= 0.6 is 0 Å². The molecule has 0 unspecified atom stereocenters. The Hall–Kier alpha value is -1.85. The molecule has 0 bridgehead atoms. The Morgan fingerprint density at radius 2 is 2.13 bits per heavy atom. The molecule has 15 heavy (non-hydrogen) atoms. The fourth-order valence-electron chi connectivity index (χ4n) is 1.00. The van der Waals surface area contributed by atoms with E-state index in [2.05, 4.69) is 10.6 Å². The highest BCUT2D eigenvalue weighted by atomic mass is 19.2. The summed E-state index contributed by atoms with van der Waals surface area (Å²) in [5.74, 6) is -2.44. The average Bonchev–Trinajstić information content (AvgIpc) is 2.23. The number of nitrogens with two attached hydrogens (primary N) is 1. The molecule has 0 aliphatic heterocycles. The van der Waals surface area contributed by atoms with Gasteiger partial charge in [0.15, 0.2) is 11.6 Å². The van der Waals surface area contributed by atoms with Gasteiger partial charge in [0, 0.05) is 7.05 Å². The maximum absolute atomic E-state index is 13.2. The molecule has 1 aromatic rings. The summed E-state index contributed by atoms with van der Waals surface area (Å²) in [5.41, 5.74) is 5.27. The Balaban J connectivity index is 2.84. The molecule has 0 atom stereocenters. The van der Waals surface area contributed by atoms with Crippen LogP contribution in [0.2, 0.25) is 0 Å². The highest BCUT2D eigenvalue weighted by Gasteiger charge is 2.12. The van der Waals surface area contributed by atoms with Crippen molar-refractivity contribution in [1.29, 1.82) is 0 Å². The molecule has 82 valence electrons. The molecule has 4 nitrogen and oxygen atoms in total. The van der Waals surface area contributed by atoms with E-state index in [1.165, 1.54) is 13.1 Å². The van der Waals surface area contributed by atoms with Crippen LogP contribution in [0.15, 0.2) is 12.1 Å². The Morgan fingerprint density at radius 1 is 1.47 bits per heavy atom. The van der Waals surface area contributed by atoms with Gasteiger partial charge in [0.25, 0.3) is 0 Å². The molecule has 1 rings (SSSR count). The number of likely N-dealkylation sites (N-methyl/N-ethyl adjacent to an activating group) is 1. The summed E-state index contributed by atoms with van der Waals surface area (Å²) < 4.78 is 26.0. The summed E-state index contributed by atoms with van der Waals surface area (Å²) >= 11 is 0. The third-order valence-electron chi connectivity index (χ3n) is 1.83. The third kappa shape index (κ3) is 2.55. The molecule has 1 amide bonds. The first-order chi connectivity index (χ1) is 7.06. The number of carbonyl (C=O) groups is 1. The van der Waals surface area contributed by atoms with Gasteiger partial charge in [-0.3, -0.25) is 4.79 Å². The van der Waals surface area contributed by atoms with E-state index in [1.54, 1.807) is 0 Å². The monoisotopic (exact) mass is 215 g/mol. The SMILES string of the molecule is CNC(=O)CNc1c(N)ccc(F)c1F. The first-order valence-electron chi connectivity index (χ1n) is 4.24.